The molecule has 0 amide bonds. The van der Waals surface area contributed by atoms with Gasteiger partial charge < -0.3 is 5.73 Å². The fourth-order valence-electron chi connectivity index (χ4n) is 2.14. The molecule has 5 heteroatoms. The predicted molar refractivity (Wildman–Crippen MR) is 78.0 cm³/mol. The van der Waals surface area contributed by atoms with E-state index >= 15 is 0 Å². The quantitative estimate of drug-likeness (QED) is 0.814. The van der Waals surface area contributed by atoms with Crippen LogP contribution in [0.25, 0.3) is 0 Å². The Kier molecular flexibility index (Phi) is 4.16. The Morgan fingerprint density at radius 1 is 1.26 bits per heavy atom. The van der Waals surface area contributed by atoms with Gasteiger partial charge in [-0.25, -0.2) is 8.42 Å². The van der Waals surface area contributed by atoms with Gasteiger partial charge in [0.25, 0.3) is 0 Å². The lowest BCUT2D eigenvalue weighted by atomic mass is 10.2. The van der Waals surface area contributed by atoms with Gasteiger partial charge in [-0.15, -0.1) is 0 Å². The Labute approximate surface area is 115 Å². The third-order valence-electron chi connectivity index (χ3n) is 3.17. The van der Waals surface area contributed by atoms with Crippen molar-refractivity contribution in [3.8, 4) is 0 Å². The largest absolute Gasteiger partial charge is 0.399 e. The molecule has 0 spiro atoms. The van der Waals surface area contributed by atoms with Crippen molar-refractivity contribution >= 4 is 15.7 Å². The molecule has 106 valence electrons. The first-order chi connectivity index (χ1) is 8.88. The van der Waals surface area contributed by atoms with E-state index in [4.69, 9.17) is 5.73 Å². The van der Waals surface area contributed by atoms with Crippen molar-refractivity contribution in [2.24, 2.45) is 5.92 Å². The number of benzene rings is 1. The molecule has 2 N–H and O–H groups in total. The third kappa shape index (κ3) is 3.94. The van der Waals surface area contributed by atoms with E-state index < -0.39 is 10.0 Å². The van der Waals surface area contributed by atoms with Gasteiger partial charge in [0.1, 0.15) is 0 Å². The summed E-state index contributed by atoms with van der Waals surface area (Å²) in [6.07, 6.45) is 1.96. The molecule has 1 aliphatic carbocycles. The summed E-state index contributed by atoms with van der Waals surface area (Å²) in [6.45, 7) is 4.33. The van der Waals surface area contributed by atoms with E-state index in [2.05, 4.69) is 0 Å². The highest BCUT2D eigenvalue weighted by molar-refractivity contribution is 7.89. The Hall–Kier alpha value is -1.07. The molecule has 0 heterocycles. The minimum atomic E-state index is -3.16. The van der Waals surface area contributed by atoms with Crippen molar-refractivity contribution in [3.63, 3.8) is 0 Å². The smallest absolute Gasteiger partial charge is 0.214 e. The summed E-state index contributed by atoms with van der Waals surface area (Å²) in [5.74, 6) is 0.371. The molecule has 1 fully saturated rings. The molecule has 4 nitrogen and oxygen atoms in total. The van der Waals surface area contributed by atoms with Gasteiger partial charge in [0, 0.05) is 18.3 Å². The molecule has 1 saturated carbocycles. The number of hydrogen-bond acceptors (Lipinski definition) is 3. The Bertz CT molecular complexity index is 519. The molecule has 0 bridgehead atoms. The maximum absolute atomic E-state index is 12.4. The molecule has 0 aromatic heterocycles. The standard InChI is InChI=1S/C14H22N2O2S/c1-11(2)10-19(17,18)16(14-7-8-14)9-12-3-5-13(15)6-4-12/h3-6,11,14H,7-10,15H2,1-2H3. The third-order valence-corrected chi connectivity index (χ3v) is 5.40. The minimum Gasteiger partial charge on any atom is -0.399 e. The molecule has 1 aromatic rings. The van der Waals surface area contributed by atoms with Gasteiger partial charge >= 0.3 is 0 Å². The molecule has 0 saturated heterocycles. The molecule has 0 radical (unpaired) electrons. The van der Waals surface area contributed by atoms with Crippen molar-refractivity contribution in [1.29, 1.82) is 0 Å². The predicted octanol–water partition coefficient (Wildman–Crippen LogP) is 2.22. The zero-order chi connectivity index (χ0) is 14.0. The summed E-state index contributed by atoms with van der Waals surface area (Å²) >= 11 is 0. The molecule has 0 unspecified atom stereocenters. The first-order valence-electron chi connectivity index (χ1n) is 6.72. The lowest BCUT2D eigenvalue weighted by Crippen LogP contribution is -2.35. The highest BCUT2D eigenvalue weighted by atomic mass is 32.2. The second-order valence-corrected chi connectivity index (χ2v) is 7.66. The van der Waals surface area contributed by atoms with Crippen LogP contribution in [0.4, 0.5) is 5.69 Å². The van der Waals surface area contributed by atoms with Crippen LogP contribution in [0.5, 0.6) is 0 Å². The number of sulfonamides is 1. The summed E-state index contributed by atoms with van der Waals surface area (Å²) in [5.41, 5.74) is 7.34. The van der Waals surface area contributed by atoms with Gasteiger partial charge in [-0.05, 0) is 36.5 Å². The molecular weight excluding hydrogens is 260 g/mol. The first kappa shape index (κ1) is 14.3. The van der Waals surface area contributed by atoms with Crippen LogP contribution in [0.15, 0.2) is 24.3 Å². The monoisotopic (exact) mass is 282 g/mol. The lowest BCUT2D eigenvalue weighted by molar-refractivity contribution is 0.395. The highest BCUT2D eigenvalue weighted by Crippen LogP contribution is 2.31. The zero-order valence-corrected chi connectivity index (χ0v) is 12.4. The maximum Gasteiger partial charge on any atom is 0.214 e. The molecule has 0 aliphatic heterocycles. The van der Waals surface area contributed by atoms with Crippen molar-refractivity contribution in [2.75, 3.05) is 11.5 Å². The van der Waals surface area contributed by atoms with Crippen molar-refractivity contribution < 1.29 is 8.42 Å². The van der Waals surface area contributed by atoms with Crippen molar-refractivity contribution in [3.05, 3.63) is 29.8 Å². The van der Waals surface area contributed by atoms with E-state index in [0.29, 0.717) is 12.2 Å². The number of rotatable bonds is 6. The molecule has 1 aliphatic rings. The van der Waals surface area contributed by atoms with E-state index in [1.54, 1.807) is 4.31 Å². The van der Waals surface area contributed by atoms with E-state index in [1.165, 1.54) is 0 Å². The van der Waals surface area contributed by atoms with Crippen LogP contribution in [-0.4, -0.2) is 24.5 Å². The van der Waals surface area contributed by atoms with Crippen LogP contribution in [0.3, 0.4) is 0 Å². The topological polar surface area (TPSA) is 63.4 Å². The van der Waals surface area contributed by atoms with Crippen LogP contribution < -0.4 is 5.73 Å². The summed E-state index contributed by atoms with van der Waals surface area (Å²) < 4.78 is 26.5. The molecule has 1 aromatic carbocycles. The second-order valence-electron chi connectivity index (χ2n) is 5.69. The Balaban J connectivity index is 2.14. The summed E-state index contributed by atoms with van der Waals surface area (Å²) in [4.78, 5) is 0. The highest BCUT2D eigenvalue weighted by Gasteiger charge is 2.37. The van der Waals surface area contributed by atoms with Crippen molar-refractivity contribution in [2.45, 2.75) is 39.3 Å². The first-order valence-corrected chi connectivity index (χ1v) is 8.33. The molecule has 0 atom stereocenters. The summed E-state index contributed by atoms with van der Waals surface area (Å²) in [5, 5.41) is 0. The summed E-state index contributed by atoms with van der Waals surface area (Å²) in [7, 11) is -3.16. The lowest BCUT2D eigenvalue weighted by Gasteiger charge is -2.23. The van der Waals surface area contributed by atoms with Gasteiger partial charge in [-0.3, -0.25) is 0 Å². The van der Waals surface area contributed by atoms with Crippen LogP contribution in [0.2, 0.25) is 0 Å². The number of hydrogen-bond donors (Lipinski definition) is 1. The average molecular weight is 282 g/mol. The van der Waals surface area contributed by atoms with E-state index in [1.807, 2.05) is 38.1 Å². The molecular formula is C14H22N2O2S. The fraction of sp³-hybridized carbons (Fsp3) is 0.571. The number of nitrogens with zero attached hydrogens (tertiary/aromatic N) is 1. The van der Waals surface area contributed by atoms with Crippen molar-refractivity contribution in [1.82, 2.24) is 4.31 Å². The molecule has 19 heavy (non-hydrogen) atoms. The SMILES string of the molecule is CC(C)CS(=O)(=O)N(Cc1ccc(N)cc1)C1CC1. The van der Waals surface area contributed by atoms with Gasteiger partial charge in [0.05, 0.1) is 5.75 Å². The fourth-order valence-corrected chi connectivity index (χ4v) is 4.18. The number of nitrogen functional groups attached to an aromatic ring is 1. The van der Waals surface area contributed by atoms with Crippen LogP contribution >= 0.6 is 0 Å². The van der Waals surface area contributed by atoms with Gasteiger partial charge in [-0.1, -0.05) is 26.0 Å². The Morgan fingerprint density at radius 3 is 2.32 bits per heavy atom. The number of anilines is 1. The number of nitrogens with two attached hydrogens (primary N) is 1. The van der Waals surface area contributed by atoms with E-state index in [9.17, 15) is 8.42 Å². The molecule has 2 rings (SSSR count). The van der Waals surface area contributed by atoms with E-state index in [0.717, 1.165) is 18.4 Å². The van der Waals surface area contributed by atoms with E-state index in [-0.39, 0.29) is 17.7 Å². The second kappa shape index (κ2) is 5.51. The van der Waals surface area contributed by atoms with Crippen LogP contribution in [-0.2, 0) is 16.6 Å². The maximum atomic E-state index is 12.4. The van der Waals surface area contributed by atoms with Crippen LogP contribution in [0.1, 0.15) is 32.3 Å². The normalized spacial score (nSPS) is 16.2. The zero-order valence-electron chi connectivity index (χ0n) is 11.5. The average Bonchev–Trinajstić information content (AvgIpc) is 3.10. The Morgan fingerprint density at radius 2 is 1.84 bits per heavy atom. The van der Waals surface area contributed by atoms with Gasteiger partial charge in [0.15, 0.2) is 0 Å². The van der Waals surface area contributed by atoms with Crippen LogP contribution in [0, 0.1) is 5.92 Å². The summed E-state index contributed by atoms with van der Waals surface area (Å²) in [6, 6.07) is 7.62. The van der Waals surface area contributed by atoms with Gasteiger partial charge in [0.2, 0.25) is 10.0 Å². The minimum absolute atomic E-state index is 0.151. The van der Waals surface area contributed by atoms with Gasteiger partial charge in [-0.2, -0.15) is 4.31 Å².